The number of alkyl halides is 5. The number of fused-ring (bicyclic) bond motifs is 4. The van der Waals surface area contributed by atoms with E-state index < -0.39 is 46.8 Å². The molecule has 1 saturated heterocycles. The molecule has 1 aromatic rings. The first-order valence-electron chi connectivity index (χ1n) is 16.6. The van der Waals surface area contributed by atoms with E-state index in [0.29, 0.717) is 45.3 Å². The fourth-order valence-corrected chi connectivity index (χ4v) is 9.41. The quantitative estimate of drug-likeness (QED) is 0.351. The summed E-state index contributed by atoms with van der Waals surface area (Å²) >= 11 is 0. The van der Waals surface area contributed by atoms with Crippen LogP contribution in [0.3, 0.4) is 0 Å². The van der Waals surface area contributed by atoms with E-state index in [1.807, 2.05) is 49.9 Å². The van der Waals surface area contributed by atoms with Crippen molar-refractivity contribution in [1.29, 1.82) is 0 Å². The number of allylic oxidation sites excluding steroid dienone is 4. The van der Waals surface area contributed by atoms with Gasteiger partial charge in [0.25, 0.3) is 0 Å². The zero-order valence-electron chi connectivity index (χ0n) is 27.2. The molecule has 1 heterocycles. The van der Waals surface area contributed by atoms with Crippen molar-refractivity contribution < 1.29 is 36.6 Å². The molecule has 4 unspecified atom stereocenters. The van der Waals surface area contributed by atoms with Gasteiger partial charge < -0.3 is 10.0 Å². The summed E-state index contributed by atoms with van der Waals surface area (Å²) in [4.78, 5) is 29.2. The van der Waals surface area contributed by atoms with Gasteiger partial charge in [0.2, 0.25) is 5.91 Å². The molecule has 1 aliphatic heterocycles. The Bertz CT molecular complexity index is 1450. The largest absolute Gasteiger partial charge is 0.456 e. The summed E-state index contributed by atoms with van der Waals surface area (Å²) in [6.45, 7) is 10.7. The number of hydrogen-bond donors (Lipinski definition) is 1. The SMILES string of the molecule is CC(C)(C)C(=O)N1CCN(Cc2ccc(C3CC4(C)C(CC[C@@]4(O)C(F)(F)C(F)(F)F)C4CCC5=CC(=O)CCC5=C34)cc2)CC1. The second-order valence-electron chi connectivity index (χ2n) is 15.5. The average molecular weight is 649 g/mol. The summed E-state index contributed by atoms with van der Waals surface area (Å²) in [6, 6.07) is 7.89. The summed E-state index contributed by atoms with van der Waals surface area (Å²) in [5.41, 5.74) is -0.339. The van der Waals surface area contributed by atoms with Crippen molar-refractivity contribution >= 4 is 11.7 Å². The van der Waals surface area contributed by atoms with Crippen molar-refractivity contribution in [3.63, 3.8) is 0 Å². The Labute approximate surface area is 267 Å². The Morgan fingerprint density at radius 2 is 1.61 bits per heavy atom. The molecule has 5 atom stereocenters. The van der Waals surface area contributed by atoms with E-state index in [4.69, 9.17) is 0 Å². The topological polar surface area (TPSA) is 60.9 Å². The Morgan fingerprint density at radius 3 is 2.22 bits per heavy atom. The summed E-state index contributed by atoms with van der Waals surface area (Å²) in [7, 11) is 0. The van der Waals surface area contributed by atoms with Gasteiger partial charge in [-0.25, -0.2) is 0 Å². The number of ketones is 1. The Hall–Kier alpha value is -2.59. The fourth-order valence-electron chi connectivity index (χ4n) is 9.41. The predicted octanol–water partition coefficient (Wildman–Crippen LogP) is 7.21. The smallest absolute Gasteiger partial charge is 0.383 e. The lowest BCUT2D eigenvalue weighted by Gasteiger charge is -2.56. The molecule has 1 N–H and O–H groups in total. The number of rotatable bonds is 4. The molecule has 2 saturated carbocycles. The highest BCUT2D eigenvalue weighted by Crippen LogP contribution is 2.70. The molecule has 1 amide bonds. The van der Waals surface area contributed by atoms with Crippen molar-refractivity contribution in [2.75, 3.05) is 26.2 Å². The zero-order valence-corrected chi connectivity index (χ0v) is 27.2. The minimum Gasteiger partial charge on any atom is -0.383 e. The maximum atomic E-state index is 15.2. The highest BCUT2D eigenvalue weighted by molar-refractivity contribution is 5.93. The maximum Gasteiger partial charge on any atom is 0.456 e. The van der Waals surface area contributed by atoms with E-state index in [0.717, 1.165) is 40.9 Å². The predicted molar refractivity (Wildman–Crippen MR) is 164 cm³/mol. The third kappa shape index (κ3) is 5.26. The van der Waals surface area contributed by atoms with Crippen molar-refractivity contribution in [2.24, 2.45) is 22.7 Å². The van der Waals surface area contributed by atoms with Crippen LogP contribution in [0.2, 0.25) is 0 Å². The third-order valence-corrected chi connectivity index (χ3v) is 11.9. The molecule has 3 fully saturated rings. The van der Waals surface area contributed by atoms with Crippen LogP contribution in [0.15, 0.2) is 47.1 Å². The molecular weight excluding hydrogens is 603 g/mol. The lowest BCUT2D eigenvalue weighted by molar-refractivity contribution is -0.362. The average Bonchev–Trinajstić information content (AvgIpc) is 3.27. The molecule has 5 aliphatic rings. The number of amides is 1. The molecule has 46 heavy (non-hydrogen) atoms. The number of hydrogen-bond acceptors (Lipinski definition) is 4. The Balaban J connectivity index is 1.30. The van der Waals surface area contributed by atoms with Crippen LogP contribution in [-0.4, -0.2) is 70.5 Å². The molecule has 5 nitrogen and oxygen atoms in total. The summed E-state index contributed by atoms with van der Waals surface area (Å²) in [5, 5.41) is 11.5. The van der Waals surface area contributed by atoms with Gasteiger partial charge in [-0.15, -0.1) is 0 Å². The zero-order chi connectivity index (χ0) is 33.4. The third-order valence-electron chi connectivity index (χ3n) is 11.9. The van der Waals surface area contributed by atoms with Crippen LogP contribution in [0.25, 0.3) is 0 Å². The summed E-state index contributed by atoms with van der Waals surface area (Å²) < 4.78 is 72.0. The summed E-state index contributed by atoms with van der Waals surface area (Å²) in [5.74, 6) is -6.27. The number of benzene rings is 1. The van der Waals surface area contributed by atoms with Crippen molar-refractivity contribution in [3.05, 3.63) is 58.2 Å². The van der Waals surface area contributed by atoms with Gasteiger partial charge in [0.15, 0.2) is 5.78 Å². The molecular formula is C36H45F5N2O3. The monoisotopic (exact) mass is 648 g/mol. The first kappa shape index (κ1) is 33.3. The van der Waals surface area contributed by atoms with E-state index in [1.165, 1.54) is 6.92 Å². The van der Waals surface area contributed by atoms with Gasteiger partial charge in [-0.05, 0) is 78.7 Å². The molecule has 10 heteroatoms. The molecule has 0 bridgehead atoms. The van der Waals surface area contributed by atoms with Gasteiger partial charge in [0.1, 0.15) is 5.60 Å². The van der Waals surface area contributed by atoms with E-state index in [-0.39, 0.29) is 30.4 Å². The molecule has 0 spiro atoms. The molecule has 0 aromatic heterocycles. The molecule has 4 aliphatic carbocycles. The van der Waals surface area contributed by atoms with E-state index >= 15 is 8.78 Å². The minimum atomic E-state index is -5.87. The van der Waals surface area contributed by atoms with Crippen LogP contribution in [0, 0.1) is 22.7 Å². The normalized spacial score (nSPS) is 32.6. The second kappa shape index (κ2) is 11.2. The standard InChI is InChI=1S/C36H45F5N2O3/c1-32(2,3)31(45)43-17-15-42(16-18-43)21-22-5-7-23(8-6-22)28-20-33(4)29(13-14-34(33,46)35(37,38)36(39,40)41)27-11-9-24-19-25(44)10-12-26(24)30(27)28/h5-8,19,27-29,46H,9-18,20-21H2,1-4H3/t27?,28?,29?,33?,34-/m0/s1. The van der Waals surface area contributed by atoms with Gasteiger partial charge in [0, 0.05) is 55.9 Å². The fraction of sp³-hybridized carbons (Fsp3) is 0.667. The molecule has 0 radical (unpaired) electrons. The first-order chi connectivity index (χ1) is 21.4. The molecule has 6 rings (SSSR count). The molecule has 252 valence electrons. The number of piperazine rings is 1. The second-order valence-corrected chi connectivity index (χ2v) is 15.5. The Morgan fingerprint density at radius 1 is 0.957 bits per heavy atom. The number of halogens is 5. The van der Waals surface area contributed by atoms with Crippen LogP contribution in [0.5, 0.6) is 0 Å². The van der Waals surface area contributed by atoms with E-state index in [1.54, 1.807) is 6.08 Å². The highest BCUT2D eigenvalue weighted by Gasteiger charge is 2.79. The van der Waals surface area contributed by atoms with E-state index in [2.05, 4.69) is 4.90 Å². The van der Waals surface area contributed by atoms with Crippen LogP contribution < -0.4 is 0 Å². The lowest BCUT2D eigenvalue weighted by atomic mass is 9.50. The minimum absolute atomic E-state index is 0.0283. The maximum absolute atomic E-state index is 15.2. The van der Waals surface area contributed by atoms with Crippen LogP contribution in [0.4, 0.5) is 22.0 Å². The number of aliphatic hydroxyl groups is 1. The van der Waals surface area contributed by atoms with Crippen molar-refractivity contribution in [3.8, 4) is 0 Å². The Kier molecular flexibility index (Phi) is 8.15. The van der Waals surface area contributed by atoms with Crippen LogP contribution >= 0.6 is 0 Å². The van der Waals surface area contributed by atoms with Gasteiger partial charge in [0.05, 0.1) is 0 Å². The highest BCUT2D eigenvalue weighted by atomic mass is 19.4. The van der Waals surface area contributed by atoms with Crippen molar-refractivity contribution in [1.82, 2.24) is 9.80 Å². The number of carbonyl (C=O) groups excluding carboxylic acids is 2. The van der Waals surface area contributed by atoms with Gasteiger partial charge >= 0.3 is 12.1 Å². The first-order valence-corrected chi connectivity index (χ1v) is 16.6. The summed E-state index contributed by atoms with van der Waals surface area (Å²) in [6.07, 6.45) is -2.69. The number of carbonyl (C=O) groups is 2. The van der Waals surface area contributed by atoms with Gasteiger partial charge in [-0.2, -0.15) is 22.0 Å². The van der Waals surface area contributed by atoms with Crippen LogP contribution in [-0.2, 0) is 16.1 Å². The number of nitrogens with zero attached hydrogens (tertiary/aromatic N) is 2. The molecule has 1 aromatic carbocycles. The van der Waals surface area contributed by atoms with Gasteiger partial charge in [-0.1, -0.05) is 57.5 Å². The van der Waals surface area contributed by atoms with Crippen LogP contribution in [0.1, 0.15) is 89.7 Å². The van der Waals surface area contributed by atoms with E-state index in [9.17, 15) is 27.9 Å². The van der Waals surface area contributed by atoms with Gasteiger partial charge in [-0.3, -0.25) is 14.5 Å². The van der Waals surface area contributed by atoms with Crippen molar-refractivity contribution in [2.45, 2.75) is 103 Å². The lowest BCUT2D eigenvalue weighted by Crippen LogP contribution is -2.65.